The second-order valence-electron chi connectivity index (χ2n) is 4.83. The first-order valence-corrected chi connectivity index (χ1v) is 7.07. The summed E-state index contributed by atoms with van der Waals surface area (Å²) < 4.78 is 19.5. The van der Waals surface area contributed by atoms with Crippen molar-refractivity contribution in [2.24, 2.45) is 0 Å². The number of rotatable bonds is 2. The first kappa shape index (κ1) is 14.1. The van der Waals surface area contributed by atoms with Gasteiger partial charge in [0.2, 0.25) is 0 Å². The Kier molecular flexibility index (Phi) is 3.94. The van der Waals surface area contributed by atoms with Crippen LogP contribution in [0.2, 0.25) is 5.02 Å². The summed E-state index contributed by atoms with van der Waals surface area (Å²) >= 11 is 5.80. The van der Waals surface area contributed by atoms with Crippen molar-refractivity contribution in [2.75, 3.05) is 36.9 Å². The zero-order valence-corrected chi connectivity index (χ0v) is 12.1. The Morgan fingerprint density at radius 2 is 1.86 bits per heavy atom. The molecule has 4 nitrogen and oxygen atoms in total. The molecule has 1 aromatic heterocycles. The predicted octanol–water partition coefficient (Wildman–Crippen LogP) is 2.96. The Morgan fingerprint density at radius 3 is 2.52 bits per heavy atom. The van der Waals surface area contributed by atoms with Gasteiger partial charge in [-0.05, 0) is 17.7 Å². The predicted molar refractivity (Wildman–Crippen MR) is 82.1 cm³/mol. The van der Waals surface area contributed by atoms with Crippen molar-refractivity contribution in [2.45, 2.75) is 0 Å². The van der Waals surface area contributed by atoms with E-state index < -0.39 is 5.82 Å². The van der Waals surface area contributed by atoms with E-state index in [0.29, 0.717) is 5.56 Å². The van der Waals surface area contributed by atoms with Gasteiger partial charge in [0.1, 0.15) is 10.8 Å². The number of anilines is 2. The molecular formula is C15H15ClFN3O. The third-order valence-electron chi connectivity index (χ3n) is 3.54. The van der Waals surface area contributed by atoms with Crippen LogP contribution in [0.1, 0.15) is 0 Å². The van der Waals surface area contributed by atoms with Gasteiger partial charge < -0.3 is 15.4 Å². The SMILES string of the molecule is Nc1ncc(-c2ccc(N3CCOCC3)cc2)c(F)c1Cl. The molecule has 0 amide bonds. The van der Waals surface area contributed by atoms with Crippen molar-refractivity contribution in [1.82, 2.24) is 4.98 Å². The van der Waals surface area contributed by atoms with Crippen molar-refractivity contribution in [3.05, 3.63) is 41.3 Å². The first-order chi connectivity index (χ1) is 10.2. The fourth-order valence-corrected chi connectivity index (χ4v) is 2.50. The molecule has 2 heterocycles. The molecule has 3 rings (SSSR count). The summed E-state index contributed by atoms with van der Waals surface area (Å²) in [6, 6.07) is 7.64. The standard InChI is InChI=1S/C15H15ClFN3O/c16-13-14(17)12(9-19-15(13)18)10-1-3-11(4-2-10)20-5-7-21-8-6-20/h1-4,9H,5-8H2,(H2,18,19). The highest BCUT2D eigenvalue weighted by molar-refractivity contribution is 6.33. The van der Waals surface area contributed by atoms with E-state index in [2.05, 4.69) is 9.88 Å². The van der Waals surface area contributed by atoms with Gasteiger partial charge in [-0.2, -0.15) is 0 Å². The molecule has 0 radical (unpaired) electrons. The van der Waals surface area contributed by atoms with E-state index in [0.717, 1.165) is 37.6 Å². The Hall–Kier alpha value is -1.85. The minimum absolute atomic E-state index is 0.00264. The number of aromatic nitrogens is 1. The minimum Gasteiger partial charge on any atom is -0.382 e. The molecular weight excluding hydrogens is 293 g/mol. The molecule has 21 heavy (non-hydrogen) atoms. The van der Waals surface area contributed by atoms with Gasteiger partial charge in [-0.3, -0.25) is 0 Å². The van der Waals surface area contributed by atoms with E-state index in [9.17, 15) is 4.39 Å². The van der Waals surface area contributed by atoms with Crippen molar-refractivity contribution in [3.8, 4) is 11.1 Å². The van der Waals surface area contributed by atoms with Crippen molar-refractivity contribution >= 4 is 23.1 Å². The maximum atomic E-state index is 14.1. The second-order valence-corrected chi connectivity index (χ2v) is 5.21. The number of hydrogen-bond acceptors (Lipinski definition) is 4. The van der Waals surface area contributed by atoms with Crippen LogP contribution in [0.25, 0.3) is 11.1 Å². The molecule has 0 bridgehead atoms. The maximum absolute atomic E-state index is 14.1. The molecule has 1 aliphatic rings. The van der Waals surface area contributed by atoms with E-state index in [1.165, 1.54) is 6.20 Å². The Labute approximate surface area is 127 Å². The van der Waals surface area contributed by atoms with E-state index >= 15 is 0 Å². The van der Waals surface area contributed by atoms with Crippen LogP contribution in [0.4, 0.5) is 15.9 Å². The monoisotopic (exact) mass is 307 g/mol. The number of morpholine rings is 1. The third kappa shape index (κ3) is 2.80. The number of halogens is 2. The highest BCUT2D eigenvalue weighted by Crippen LogP contribution is 2.31. The van der Waals surface area contributed by atoms with E-state index in [1.54, 1.807) is 0 Å². The summed E-state index contributed by atoms with van der Waals surface area (Å²) in [6.45, 7) is 3.19. The fraction of sp³-hybridized carbons (Fsp3) is 0.267. The van der Waals surface area contributed by atoms with Crippen LogP contribution in [-0.2, 0) is 4.74 Å². The third-order valence-corrected chi connectivity index (χ3v) is 3.90. The molecule has 110 valence electrons. The molecule has 1 aliphatic heterocycles. The van der Waals surface area contributed by atoms with Gasteiger partial charge in [0.05, 0.1) is 13.2 Å². The summed E-state index contributed by atoms with van der Waals surface area (Å²) in [4.78, 5) is 6.14. The average Bonchev–Trinajstić information content (AvgIpc) is 2.54. The van der Waals surface area contributed by atoms with Crippen LogP contribution in [-0.4, -0.2) is 31.3 Å². The lowest BCUT2D eigenvalue weighted by Gasteiger charge is -2.28. The molecule has 0 atom stereocenters. The first-order valence-electron chi connectivity index (χ1n) is 6.69. The molecule has 0 spiro atoms. The van der Waals surface area contributed by atoms with E-state index in [-0.39, 0.29) is 10.8 Å². The quantitative estimate of drug-likeness (QED) is 0.927. The Balaban J connectivity index is 1.89. The van der Waals surface area contributed by atoms with Gasteiger partial charge in [0, 0.05) is 30.5 Å². The molecule has 2 N–H and O–H groups in total. The molecule has 1 saturated heterocycles. The number of nitrogens with two attached hydrogens (primary N) is 1. The lowest BCUT2D eigenvalue weighted by molar-refractivity contribution is 0.122. The number of pyridine rings is 1. The van der Waals surface area contributed by atoms with Crippen molar-refractivity contribution in [3.63, 3.8) is 0 Å². The van der Waals surface area contributed by atoms with Crippen LogP contribution in [0, 0.1) is 5.82 Å². The molecule has 1 fully saturated rings. The average molecular weight is 308 g/mol. The second kappa shape index (κ2) is 5.87. The summed E-state index contributed by atoms with van der Waals surface area (Å²) in [7, 11) is 0. The maximum Gasteiger partial charge on any atom is 0.154 e. The highest BCUT2D eigenvalue weighted by Gasteiger charge is 2.14. The fourth-order valence-electron chi connectivity index (χ4n) is 2.35. The lowest BCUT2D eigenvalue weighted by Crippen LogP contribution is -2.36. The van der Waals surface area contributed by atoms with Gasteiger partial charge in [-0.1, -0.05) is 23.7 Å². The van der Waals surface area contributed by atoms with Crippen LogP contribution in [0.5, 0.6) is 0 Å². The highest BCUT2D eigenvalue weighted by atomic mass is 35.5. The van der Waals surface area contributed by atoms with Crippen molar-refractivity contribution < 1.29 is 9.13 Å². The number of ether oxygens (including phenoxy) is 1. The molecule has 1 aromatic carbocycles. The lowest BCUT2D eigenvalue weighted by atomic mass is 10.1. The molecule has 0 unspecified atom stereocenters. The largest absolute Gasteiger partial charge is 0.382 e. The van der Waals surface area contributed by atoms with Crippen LogP contribution in [0.3, 0.4) is 0 Å². The van der Waals surface area contributed by atoms with Gasteiger partial charge >= 0.3 is 0 Å². The number of nitrogens with zero attached hydrogens (tertiary/aromatic N) is 2. The zero-order valence-electron chi connectivity index (χ0n) is 11.4. The van der Waals surface area contributed by atoms with Crippen LogP contribution in [0.15, 0.2) is 30.5 Å². The summed E-state index contributed by atoms with van der Waals surface area (Å²) in [5.41, 5.74) is 7.65. The van der Waals surface area contributed by atoms with E-state index in [4.69, 9.17) is 22.1 Å². The van der Waals surface area contributed by atoms with Crippen LogP contribution >= 0.6 is 11.6 Å². The normalized spacial score (nSPS) is 15.2. The van der Waals surface area contributed by atoms with Gasteiger partial charge in [0.25, 0.3) is 0 Å². The van der Waals surface area contributed by atoms with Gasteiger partial charge in [-0.15, -0.1) is 0 Å². The summed E-state index contributed by atoms with van der Waals surface area (Å²) in [5.74, 6) is -0.536. The van der Waals surface area contributed by atoms with Crippen LogP contribution < -0.4 is 10.6 Å². The minimum atomic E-state index is -0.539. The number of benzene rings is 1. The van der Waals surface area contributed by atoms with E-state index in [1.807, 2.05) is 24.3 Å². The topological polar surface area (TPSA) is 51.4 Å². The molecule has 0 saturated carbocycles. The van der Waals surface area contributed by atoms with Gasteiger partial charge in [0.15, 0.2) is 5.82 Å². The number of nitrogen functional groups attached to an aromatic ring is 1. The smallest absolute Gasteiger partial charge is 0.154 e. The van der Waals surface area contributed by atoms with Crippen molar-refractivity contribution in [1.29, 1.82) is 0 Å². The Morgan fingerprint density at radius 1 is 1.19 bits per heavy atom. The molecule has 0 aliphatic carbocycles. The molecule has 6 heteroatoms. The zero-order chi connectivity index (χ0) is 14.8. The summed E-state index contributed by atoms with van der Waals surface area (Å²) in [5, 5.41) is -0.134. The van der Waals surface area contributed by atoms with Gasteiger partial charge in [-0.25, -0.2) is 9.37 Å². The Bertz CT molecular complexity index is 642. The summed E-state index contributed by atoms with van der Waals surface area (Å²) in [6.07, 6.45) is 1.40. The molecule has 2 aromatic rings. The number of hydrogen-bond donors (Lipinski definition) is 1.